The van der Waals surface area contributed by atoms with Crippen LogP contribution in [0.1, 0.15) is 29.4 Å². The van der Waals surface area contributed by atoms with Crippen LogP contribution in [-0.4, -0.2) is 23.4 Å². The molecule has 1 aromatic heterocycles. The molecule has 144 valence electrons. The maximum absolute atomic E-state index is 13.5. The average molecular weight is 395 g/mol. The van der Waals surface area contributed by atoms with Gasteiger partial charge < -0.3 is 9.30 Å². The minimum atomic E-state index is -0.287. The molecule has 0 spiro atoms. The van der Waals surface area contributed by atoms with E-state index < -0.39 is 0 Å². The quantitative estimate of drug-likeness (QED) is 0.404. The smallest absolute Gasteiger partial charge is 0.340 e. The maximum Gasteiger partial charge on any atom is 0.340 e. The van der Waals surface area contributed by atoms with Gasteiger partial charge in [0.25, 0.3) is 0 Å². The molecular formula is C23H22FNO2S. The molecule has 2 heterocycles. The van der Waals surface area contributed by atoms with Crippen LogP contribution in [0.15, 0.2) is 53.4 Å². The number of carbonyl (C=O) groups excluding carboxylic acids is 1. The fourth-order valence-corrected chi connectivity index (χ4v) is 4.36. The van der Waals surface area contributed by atoms with Gasteiger partial charge in [-0.2, -0.15) is 0 Å². The van der Waals surface area contributed by atoms with E-state index in [4.69, 9.17) is 4.74 Å². The summed E-state index contributed by atoms with van der Waals surface area (Å²) in [6.07, 6.45) is 3.86. The molecule has 28 heavy (non-hydrogen) atoms. The highest BCUT2D eigenvalue weighted by molar-refractivity contribution is 7.98. The van der Waals surface area contributed by atoms with Crippen molar-refractivity contribution in [3.63, 3.8) is 0 Å². The number of carbonyl (C=O) groups is 1. The van der Waals surface area contributed by atoms with Crippen molar-refractivity contribution in [3.8, 4) is 22.4 Å². The molecule has 0 saturated heterocycles. The molecule has 0 aliphatic carbocycles. The number of halogens is 1. The van der Waals surface area contributed by atoms with Crippen molar-refractivity contribution < 1.29 is 13.9 Å². The highest BCUT2D eigenvalue weighted by atomic mass is 32.2. The molecule has 3 nitrogen and oxygen atoms in total. The van der Waals surface area contributed by atoms with Gasteiger partial charge >= 0.3 is 5.97 Å². The summed E-state index contributed by atoms with van der Waals surface area (Å²) >= 11 is 1.68. The van der Waals surface area contributed by atoms with Crippen LogP contribution in [-0.2, 0) is 17.7 Å². The summed E-state index contributed by atoms with van der Waals surface area (Å²) < 4.78 is 21.2. The third-order valence-electron chi connectivity index (χ3n) is 5.14. The Balaban J connectivity index is 1.99. The van der Waals surface area contributed by atoms with Crippen LogP contribution in [0.3, 0.4) is 0 Å². The Morgan fingerprint density at radius 1 is 1.11 bits per heavy atom. The first-order valence-corrected chi connectivity index (χ1v) is 10.7. The lowest BCUT2D eigenvalue weighted by Gasteiger charge is -2.12. The lowest BCUT2D eigenvalue weighted by atomic mass is 9.96. The Morgan fingerprint density at radius 2 is 1.79 bits per heavy atom. The standard InChI is InChI=1S/C23H22FNO2S/c1-3-27-23(26)21-19-5-4-14-25(19)22(16-6-10-17(24)11-7-16)20(21)15-8-12-18(28-2)13-9-15/h6-13H,3-5,14H2,1-2H3. The number of ether oxygens (including phenoxy) is 1. The van der Waals surface area contributed by atoms with E-state index in [1.165, 1.54) is 12.1 Å². The number of aromatic nitrogens is 1. The van der Waals surface area contributed by atoms with Crippen molar-refractivity contribution >= 4 is 17.7 Å². The fourth-order valence-electron chi connectivity index (χ4n) is 3.95. The van der Waals surface area contributed by atoms with Gasteiger partial charge in [0, 0.05) is 22.7 Å². The molecule has 0 unspecified atom stereocenters. The summed E-state index contributed by atoms with van der Waals surface area (Å²) in [6.45, 7) is 3.00. The normalized spacial score (nSPS) is 12.8. The second-order valence-electron chi connectivity index (χ2n) is 6.76. The fraction of sp³-hybridized carbons (Fsp3) is 0.261. The van der Waals surface area contributed by atoms with Crippen LogP contribution in [0.5, 0.6) is 0 Å². The number of rotatable bonds is 5. The van der Waals surface area contributed by atoms with E-state index in [-0.39, 0.29) is 11.8 Å². The van der Waals surface area contributed by atoms with Gasteiger partial charge in [-0.3, -0.25) is 0 Å². The second kappa shape index (κ2) is 7.84. The van der Waals surface area contributed by atoms with Crippen molar-refractivity contribution in [3.05, 3.63) is 65.6 Å². The minimum Gasteiger partial charge on any atom is -0.462 e. The van der Waals surface area contributed by atoms with Gasteiger partial charge in [0.2, 0.25) is 0 Å². The number of thioether (sulfide) groups is 1. The van der Waals surface area contributed by atoms with Gasteiger partial charge in [-0.05, 0) is 73.5 Å². The number of nitrogens with zero attached hydrogens (tertiary/aromatic N) is 1. The Kier molecular flexibility index (Phi) is 5.27. The third kappa shape index (κ3) is 3.24. The van der Waals surface area contributed by atoms with Gasteiger partial charge in [0.05, 0.1) is 17.9 Å². The predicted octanol–water partition coefficient (Wildman–Crippen LogP) is 5.81. The van der Waals surface area contributed by atoms with E-state index >= 15 is 0 Å². The van der Waals surface area contributed by atoms with Gasteiger partial charge in [0.15, 0.2) is 0 Å². The topological polar surface area (TPSA) is 31.2 Å². The molecule has 1 aliphatic rings. The third-order valence-corrected chi connectivity index (χ3v) is 5.89. The molecule has 0 N–H and O–H groups in total. The molecule has 0 saturated carbocycles. The van der Waals surface area contributed by atoms with Gasteiger partial charge in [-0.25, -0.2) is 9.18 Å². The number of hydrogen-bond donors (Lipinski definition) is 0. The molecular weight excluding hydrogens is 373 g/mol. The van der Waals surface area contributed by atoms with Crippen LogP contribution >= 0.6 is 11.8 Å². The van der Waals surface area contributed by atoms with Crippen LogP contribution in [0.4, 0.5) is 4.39 Å². The highest BCUT2D eigenvalue weighted by Crippen LogP contribution is 2.42. The molecule has 4 rings (SSSR count). The molecule has 0 fully saturated rings. The predicted molar refractivity (Wildman–Crippen MR) is 111 cm³/mol. The highest BCUT2D eigenvalue weighted by Gasteiger charge is 2.31. The van der Waals surface area contributed by atoms with Crippen LogP contribution in [0.2, 0.25) is 0 Å². The largest absolute Gasteiger partial charge is 0.462 e. The molecule has 0 amide bonds. The Hall–Kier alpha value is -2.53. The zero-order chi connectivity index (χ0) is 19.7. The summed E-state index contributed by atoms with van der Waals surface area (Å²) in [7, 11) is 0. The van der Waals surface area contributed by atoms with Gasteiger partial charge in [-0.15, -0.1) is 11.8 Å². The Labute approximate surface area is 168 Å². The molecule has 5 heteroatoms. The Morgan fingerprint density at radius 3 is 2.43 bits per heavy atom. The molecule has 1 aliphatic heterocycles. The van der Waals surface area contributed by atoms with Crippen LogP contribution in [0, 0.1) is 5.82 Å². The maximum atomic E-state index is 13.5. The molecule has 0 bridgehead atoms. The van der Waals surface area contributed by atoms with Crippen molar-refractivity contribution in [2.75, 3.05) is 12.9 Å². The molecule has 2 aromatic carbocycles. The van der Waals surface area contributed by atoms with Crippen molar-refractivity contribution in [2.45, 2.75) is 31.2 Å². The lowest BCUT2D eigenvalue weighted by Crippen LogP contribution is -2.08. The monoisotopic (exact) mass is 395 g/mol. The summed E-state index contributed by atoms with van der Waals surface area (Å²) in [5, 5.41) is 0. The molecule has 0 atom stereocenters. The van der Waals surface area contributed by atoms with E-state index in [9.17, 15) is 9.18 Å². The van der Waals surface area contributed by atoms with E-state index in [2.05, 4.69) is 16.7 Å². The van der Waals surface area contributed by atoms with Crippen molar-refractivity contribution in [1.29, 1.82) is 0 Å². The zero-order valence-corrected chi connectivity index (χ0v) is 16.8. The first-order valence-electron chi connectivity index (χ1n) is 9.47. The van der Waals surface area contributed by atoms with Gasteiger partial charge in [-0.1, -0.05) is 12.1 Å². The molecule has 3 aromatic rings. The summed E-state index contributed by atoms with van der Waals surface area (Å²) in [5.74, 6) is -0.557. The second-order valence-corrected chi connectivity index (χ2v) is 7.64. The SMILES string of the molecule is CCOC(=O)c1c(-c2ccc(SC)cc2)c(-c2ccc(F)cc2)n2c1CCC2. The first kappa shape index (κ1) is 18.8. The first-order chi connectivity index (χ1) is 13.6. The summed E-state index contributed by atoms with van der Waals surface area (Å²) in [5.41, 5.74) is 5.39. The number of fused-ring (bicyclic) bond motifs is 1. The molecule has 0 radical (unpaired) electrons. The Bertz CT molecular complexity index is 1010. The van der Waals surface area contributed by atoms with E-state index in [1.807, 2.05) is 25.3 Å². The van der Waals surface area contributed by atoms with E-state index in [0.717, 1.165) is 52.4 Å². The van der Waals surface area contributed by atoms with Crippen LogP contribution < -0.4 is 0 Å². The minimum absolute atomic E-state index is 0.270. The zero-order valence-electron chi connectivity index (χ0n) is 16.0. The number of esters is 1. The van der Waals surface area contributed by atoms with Crippen LogP contribution in [0.25, 0.3) is 22.4 Å². The number of hydrogen-bond acceptors (Lipinski definition) is 3. The van der Waals surface area contributed by atoms with Crippen molar-refractivity contribution in [2.24, 2.45) is 0 Å². The van der Waals surface area contributed by atoms with Gasteiger partial charge in [0.1, 0.15) is 5.82 Å². The van der Waals surface area contributed by atoms with E-state index in [0.29, 0.717) is 12.2 Å². The summed E-state index contributed by atoms with van der Waals surface area (Å²) in [4.78, 5) is 14.1. The summed E-state index contributed by atoms with van der Waals surface area (Å²) in [6, 6.07) is 14.7. The average Bonchev–Trinajstić information content (AvgIpc) is 3.29. The van der Waals surface area contributed by atoms with Crippen molar-refractivity contribution in [1.82, 2.24) is 4.57 Å². The van der Waals surface area contributed by atoms with E-state index in [1.54, 1.807) is 23.9 Å². The number of benzene rings is 2. The lowest BCUT2D eigenvalue weighted by molar-refractivity contribution is 0.0526.